The fraction of sp³-hybridized carbons (Fsp3) is 0.0667. The number of Topliss-reactive ketones (excluding diaryl/α,β-unsaturated/α-hetero) is 1. The lowest BCUT2D eigenvalue weighted by atomic mass is 10.1. The standard InChI is InChI=1S/C15H12N2O4/c1-9(18)12-8-10(6-7-14(12)19)16-17-13-5-3-2-4-11(13)15(20)21/h2-8,19H,1H3,(H,20,21). The molecular weight excluding hydrogens is 272 g/mol. The highest BCUT2D eigenvalue weighted by Crippen LogP contribution is 2.26. The van der Waals surface area contributed by atoms with Gasteiger partial charge in [0.1, 0.15) is 11.4 Å². The molecule has 0 fully saturated rings. The first-order valence-corrected chi connectivity index (χ1v) is 6.07. The number of carbonyl (C=O) groups is 2. The van der Waals surface area contributed by atoms with E-state index in [0.717, 1.165) is 0 Å². The number of benzene rings is 2. The van der Waals surface area contributed by atoms with Crippen LogP contribution in [0.4, 0.5) is 11.4 Å². The summed E-state index contributed by atoms with van der Waals surface area (Å²) in [6, 6.07) is 10.4. The number of phenols is 1. The number of hydrogen-bond acceptors (Lipinski definition) is 5. The summed E-state index contributed by atoms with van der Waals surface area (Å²) in [6.07, 6.45) is 0. The molecule has 0 aliphatic rings. The van der Waals surface area contributed by atoms with Gasteiger partial charge in [-0.25, -0.2) is 4.79 Å². The Hall–Kier alpha value is -3.02. The first-order chi connectivity index (χ1) is 9.99. The number of hydrogen-bond donors (Lipinski definition) is 2. The highest BCUT2D eigenvalue weighted by atomic mass is 16.4. The van der Waals surface area contributed by atoms with E-state index in [0.29, 0.717) is 5.69 Å². The van der Waals surface area contributed by atoms with Crippen molar-refractivity contribution in [1.82, 2.24) is 0 Å². The third-order valence-electron chi connectivity index (χ3n) is 2.77. The molecule has 106 valence electrons. The Labute approximate surface area is 120 Å². The summed E-state index contributed by atoms with van der Waals surface area (Å²) >= 11 is 0. The van der Waals surface area contributed by atoms with Crippen molar-refractivity contribution in [2.75, 3.05) is 0 Å². The van der Waals surface area contributed by atoms with Crippen LogP contribution in [0.2, 0.25) is 0 Å². The molecule has 0 aromatic heterocycles. The maximum atomic E-state index is 11.3. The van der Waals surface area contributed by atoms with E-state index in [1.54, 1.807) is 12.1 Å². The van der Waals surface area contributed by atoms with Crippen molar-refractivity contribution in [2.24, 2.45) is 10.2 Å². The number of phenolic OH excluding ortho intramolecular Hbond substituents is 1. The van der Waals surface area contributed by atoms with Gasteiger partial charge in [0.25, 0.3) is 0 Å². The van der Waals surface area contributed by atoms with E-state index in [1.165, 1.54) is 37.3 Å². The van der Waals surface area contributed by atoms with Gasteiger partial charge in [-0.15, -0.1) is 5.11 Å². The molecular formula is C15H12N2O4. The largest absolute Gasteiger partial charge is 0.507 e. The number of nitrogens with zero attached hydrogens (tertiary/aromatic N) is 2. The van der Waals surface area contributed by atoms with Crippen LogP contribution in [-0.2, 0) is 0 Å². The molecule has 0 aliphatic heterocycles. The molecule has 6 nitrogen and oxygen atoms in total. The molecule has 21 heavy (non-hydrogen) atoms. The molecule has 0 heterocycles. The quantitative estimate of drug-likeness (QED) is 0.660. The molecule has 0 aliphatic carbocycles. The number of carboxylic acids is 1. The molecule has 0 saturated heterocycles. The molecule has 2 rings (SSSR count). The Morgan fingerprint density at radius 2 is 1.71 bits per heavy atom. The van der Waals surface area contributed by atoms with Crippen LogP contribution in [0.5, 0.6) is 5.75 Å². The number of carboxylic acid groups (broad SMARTS) is 1. The summed E-state index contributed by atoms with van der Waals surface area (Å²) < 4.78 is 0. The summed E-state index contributed by atoms with van der Waals surface area (Å²) in [5.74, 6) is -1.53. The van der Waals surface area contributed by atoms with E-state index in [2.05, 4.69) is 10.2 Å². The molecule has 2 aromatic carbocycles. The van der Waals surface area contributed by atoms with Crippen LogP contribution >= 0.6 is 0 Å². The molecule has 0 atom stereocenters. The second-order valence-electron chi connectivity index (χ2n) is 4.28. The normalized spacial score (nSPS) is 10.7. The summed E-state index contributed by atoms with van der Waals surface area (Å²) in [7, 11) is 0. The minimum atomic E-state index is -1.10. The second kappa shape index (κ2) is 5.96. The lowest BCUT2D eigenvalue weighted by Gasteiger charge is -2.01. The lowest BCUT2D eigenvalue weighted by Crippen LogP contribution is -1.95. The zero-order chi connectivity index (χ0) is 15.4. The van der Waals surface area contributed by atoms with Gasteiger partial charge >= 0.3 is 5.97 Å². The van der Waals surface area contributed by atoms with Crippen LogP contribution in [0, 0.1) is 0 Å². The second-order valence-corrected chi connectivity index (χ2v) is 4.28. The summed E-state index contributed by atoms with van der Waals surface area (Å²) in [4.78, 5) is 22.4. The number of azo groups is 1. The number of ketones is 1. The monoisotopic (exact) mass is 284 g/mol. The Bertz CT molecular complexity index is 738. The minimum absolute atomic E-state index is 0.0341. The molecule has 0 bridgehead atoms. The fourth-order valence-corrected chi connectivity index (χ4v) is 1.72. The van der Waals surface area contributed by atoms with Crippen LogP contribution in [0.15, 0.2) is 52.7 Å². The van der Waals surface area contributed by atoms with Gasteiger partial charge in [0.2, 0.25) is 0 Å². The van der Waals surface area contributed by atoms with Gasteiger partial charge in [-0.05, 0) is 37.3 Å². The van der Waals surface area contributed by atoms with Crippen molar-refractivity contribution < 1.29 is 19.8 Å². The first-order valence-electron chi connectivity index (χ1n) is 6.07. The van der Waals surface area contributed by atoms with Crippen LogP contribution in [0.3, 0.4) is 0 Å². The van der Waals surface area contributed by atoms with Crippen LogP contribution in [0.25, 0.3) is 0 Å². The van der Waals surface area contributed by atoms with Gasteiger partial charge in [-0.2, -0.15) is 5.11 Å². The van der Waals surface area contributed by atoms with Gasteiger partial charge in [-0.1, -0.05) is 12.1 Å². The molecule has 2 N–H and O–H groups in total. The van der Waals surface area contributed by atoms with E-state index in [1.807, 2.05) is 0 Å². The molecule has 2 aromatic rings. The highest BCUT2D eigenvalue weighted by Gasteiger charge is 2.09. The highest BCUT2D eigenvalue weighted by molar-refractivity contribution is 5.97. The van der Waals surface area contributed by atoms with Gasteiger partial charge in [-0.3, -0.25) is 4.79 Å². The van der Waals surface area contributed by atoms with Gasteiger partial charge in [0, 0.05) is 0 Å². The minimum Gasteiger partial charge on any atom is -0.507 e. The predicted molar refractivity (Wildman–Crippen MR) is 75.7 cm³/mol. The molecule has 0 amide bonds. The smallest absolute Gasteiger partial charge is 0.337 e. The van der Waals surface area contributed by atoms with Gasteiger partial charge in [0.05, 0.1) is 16.8 Å². The zero-order valence-corrected chi connectivity index (χ0v) is 11.1. The molecule has 0 unspecified atom stereocenters. The predicted octanol–water partition coefficient (Wildman–Crippen LogP) is 3.71. The van der Waals surface area contributed by atoms with E-state index < -0.39 is 5.97 Å². The van der Waals surface area contributed by atoms with Crippen molar-refractivity contribution in [2.45, 2.75) is 6.92 Å². The van der Waals surface area contributed by atoms with Crippen molar-refractivity contribution in [3.8, 4) is 5.75 Å². The van der Waals surface area contributed by atoms with Crippen molar-refractivity contribution >= 4 is 23.1 Å². The summed E-state index contributed by atoms with van der Waals surface area (Å²) in [5.41, 5.74) is 0.727. The molecule has 0 radical (unpaired) electrons. The average Bonchev–Trinajstić information content (AvgIpc) is 2.46. The summed E-state index contributed by atoms with van der Waals surface area (Å²) in [5, 5.41) is 26.4. The number of rotatable bonds is 4. The first kappa shape index (κ1) is 14.4. The average molecular weight is 284 g/mol. The molecule has 0 saturated carbocycles. The third-order valence-corrected chi connectivity index (χ3v) is 2.77. The lowest BCUT2D eigenvalue weighted by molar-refractivity contribution is 0.0697. The van der Waals surface area contributed by atoms with Crippen LogP contribution in [-0.4, -0.2) is 22.0 Å². The Morgan fingerprint density at radius 1 is 1.00 bits per heavy atom. The maximum absolute atomic E-state index is 11.3. The Balaban J connectivity index is 2.36. The van der Waals surface area contributed by atoms with Crippen LogP contribution < -0.4 is 0 Å². The Kier molecular flexibility index (Phi) is 4.08. The number of aromatic hydroxyl groups is 1. The number of aromatic carboxylic acids is 1. The topological polar surface area (TPSA) is 99.3 Å². The Morgan fingerprint density at radius 3 is 2.38 bits per heavy atom. The van der Waals surface area contributed by atoms with Crippen molar-refractivity contribution in [3.63, 3.8) is 0 Å². The summed E-state index contributed by atoms with van der Waals surface area (Å²) in [6.45, 7) is 1.33. The van der Waals surface area contributed by atoms with E-state index in [4.69, 9.17) is 5.11 Å². The van der Waals surface area contributed by atoms with Crippen molar-refractivity contribution in [3.05, 3.63) is 53.6 Å². The van der Waals surface area contributed by atoms with E-state index in [-0.39, 0.29) is 28.3 Å². The fourth-order valence-electron chi connectivity index (χ4n) is 1.72. The third kappa shape index (κ3) is 3.30. The SMILES string of the molecule is CC(=O)c1cc(N=Nc2ccccc2C(=O)O)ccc1O. The molecule has 6 heteroatoms. The number of carbonyl (C=O) groups excluding carboxylic acids is 1. The maximum Gasteiger partial charge on any atom is 0.337 e. The van der Waals surface area contributed by atoms with E-state index in [9.17, 15) is 14.7 Å². The molecule has 0 spiro atoms. The zero-order valence-electron chi connectivity index (χ0n) is 11.1. The van der Waals surface area contributed by atoms with E-state index >= 15 is 0 Å². The van der Waals surface area contributed by atoms with Crippen LogP contribution in [0.1, 0.15) is 27.6 Å². The van der Waals surface area contributed by atoms with Crippen molar-refractivity contribution in [1.29, 1.82) is 0 Å². The van der Waals surface area contributed by atoms with Gasteiger partial charge in [0.15, 0.2) is 5.78 Å². The van der Waals surface area contributed by atoms with Gasteiger partial charge < -0.3 is 10.2 Å².